The number of fused-ring (bicyclic) bond motifs is 2. The van der Waals surface area contributed by atoms with Gasteiger partial charge in [0, 0.05) is 10.8 Å². The Labute approximate surface area is 216 Å². The predicted octanol–water partition coefficient (Wildman–Crippen LogP) is 4.28. The molecule has 10 heteroatoms. The maximum absolute atomic E-state index is 13.8. The van der Waals surface area contributed by atoms with Gasteiger partial charge in [0.05, 0.1) is 37.5 Å². The fourth-order valence-corrected chi connectivity index (χ4v) is 7.13. The molecular weight excluding hydrogens is 500 g/mol. The third kappa shape index (κ3) is 4.18. The summed E-state index contributed by atoms with van der Waals surface area (Å²) >= 11 is 2.33. The SMILES string of the molecule is COc1ccc(N2C(=O)[C@H]3[C@H](c4ccc(OCC(C)C)c(OC)c4)c4sc(=O)[nH]c4S[C@H]3C2=O)cc1. The number of hydrogen-bond acceptors (Lipinski definition) is 8. The number of rotatable bonds is 7. The van der Waals surface area contributed by atoms with Crippen LogP contribution in [0.4, 0.5) is 5.69 Å². The van der Waals surface area contributed by atoms with E-state index >= 15 is 0 Å². The summed E-state index contributed by atoms with van der Waals surface area (Å²) in [6, 6.07) is 12.4. The number of nitrogens with one attached hydrogen (secondary N) is 1. The summed E-state index contributed by atoms with van der Waals surface area (Å²) in [5.41, 5.74) is 1.28. The molecule has 3 heterocycles. The summed E-state index contributed by atoms with van der Waals surface area (Å²) in [5, 5.41) is -0.0294. The van der Waals surface area contributed by atoms with Crippen LogP contribution in [0.3, 0.4) is 0 Å². The molecule has 0 aliphatic carbocycles. The van der Waals surface area contributed by atoms with Crippen molar-refractivity contribution < 1.29 is 23.8 Å². The number of anilines is 1. The van der Waals surface area contributed by atoms with E-state index in [1.165, 1.54) is 16.7 Å². The molecule has 2 amide bonds. The third-order valence-electron chi connectivity index (χ3n) is 6.27. The molecule has 5 rings (SSSR count). The van der Waals surface area contributed by atoms with Crippen molar-refractivity contribution in [2.45, 2.75) is 30.0 Å². The molecule has 3 aromatic rings. The number of H-pyrrole nitrogens is 1. The van der Waals surface area contributed by atoms with Crippen molar-refractivity contribution in [3.8, 4) is 17.2 Å². The minimum absolute atomic E-state index is 0.215. The highest BCUT2D eigenvalue weighted by Crippen LogP contribution is 2.53. The van der Waals surface area contributed by atoms with Gasteiger partial charge in [-0.2, -0.15) is 0 Å². The standard InChI is InChI=1S/C26H26N2O6S2/c1-13(2)12-34-17-10-5-14(11-18(17)33-4)19-20-22(35-23-21(19)36-26(31)27-23)25(30)28(24(20)29)15-6-8-16(32-3)9-7-15/h5-11,13,19-20,22H,12H2,1-4H3,(H,27,31)/t19-,20-,22+/m0/s1. The van der Waals surface area contributed by atoms with Crippen molar-refractivity contribution in [1.82, 2.24) is 4.98 Å². The van der Waals surface area contributed by atoms with E-state index < -0.39 is 17.1 Å². The molecule has 3 atom stereocenters. The molecule has 0 radical (unpaired) electrons. The molecular formula is C26H26N2O6S2. The van der Waals surface area contributed by atoms with Gasteiger partial charge in [0.1, 0.15) is 11.0 Å². The second-order valence-electron chi connectivity index (χ2n) is 9.07. The Morgan fingerprint density at radius 2 is 1.72 bits per heavy atom. The fraction of sp³-hybridized carbons (Fsp3) is 0.346. The van der Waals surface area contributed by atoms with Crippen molar-refractivity contribution in [3.05, 3.63) is 62.6 Å². The Kier molecular flexibility index (Phi) is 6.57. The lowest BCUT2D eigenvalue weighted by Crippen LogP contribution is -2.32. The summed E-state index contributed by atoms with van der Waals surface area (Å²) in [6.45, 7) is 4.66. The van der Waals surface area contributed by atoms with Gasteiger partial charge in [0.25, 0.3) is 0 Å². The second-order valence-corrected chi connectivity index (χ2v) is 11.2. The van der Waals surface area contributed by atoms with Gasteiger partial charge in [-0.15, -0.1) is 0 Å². The van der Waals surface area contributed by atoms with Crippen molar-refractivity contribution in [2.24, 2.45) is 11.8 Å². The molecule has 1 fully saturated rings. The van der Waals surface area contributed by atoms with Crippen molar-refractivity contribution in [3.63, 3.8) is 0 Å². The van der Waals surface area contributed by atoms with E-state index in [0.717, 1.165) is 21.8 Å². The van der Waals surface area contributed by atoms with Gasteiger partial charge in [0.2, 0.25) is 11.8 Å². The van der Waals surface area contributed by atoms with Gasteiger partial charge in [0.15, 0.2) is 11.5 Å². The number of hydrogen-bond donors (Lipinski definition) is 1. The molecule has 0 unspecified atom stereocenters. The molecule has 1 saturated heterocycles. The van der Waals surface area contributed by atoms with E-state index in [9.17, 15) is 14.4 Å². The molecule has 2 aliphatic heterocycles. The maximum atomic E-state index is 13.8. The largest absolute Gasteiger partial charge is 0.497 e. The van der Waals surface area contributed by atoms with Crippen molar-refractivity contribution in [1.29, 1.82) is 0 Å². The lowest BCUT2D eigenvalue weighted by atomic mass is 9.83. The molecule has 188 valence electrons. The minimum atomic E-state index is -0.671. The van der Waals surface area contributed by atoms with Crippen molar-refractivity contribution >= 4 is 40.6 Å². The van der Waals surface area contributed by atoms with Gasteiger partial charge in [-0.05, 0) is 47.9 Å². The Hall–Kier alpha value is -3.24. The van der Waals surface area contributed by atoms with Gasteiger partial charge in [-0.25, -0.2) is 4.90 Å². The van der Waals surface area contributed by atoms with Crippen LogP contribution in [0.2, 0.25) is 0 Å². The molecule has 36 heavy (non-hydrogen) atoms. The van der Waals surface area contributed by atoms with Crippen LogP contribution in [-0.2, 0) is 9.59 Å². The number of methoxy groups -OCH3 is 2. The molecule has 2 aliphatic rings. The monoisotopic (exact) mass is 526 g/mol. The number of benzene rings is 2. The number of aromatic amines is 1. The highest BCUT2D eigenvalue weighted by atomic mass is 32.2. The molecule has 1 N–H and O–H groups in total. The highest BCUT2D eigenvalue weighted by Gasteiger charge is 2.56. The second kappa shape index (κ2) is 9.67. The molecule has 8 nitrogen and oxygen atoms in total. The number of aromatic nitrogens is 1. The zero-order chi connectivity index (χ0) is 25.6. The van der Waals surface area contributed by atoms with Crippen molar-refractivity contribution in [2.75, 3.05) is 25.7 Å². The van der Waals surface area contributed by atoms with E-state index in [-0.39, 0.29) is 16.7 Å². The van der Waals surface area contributed by atoms with Crippen LogP contribution < -0.4 is 24.0 Å². The molecule has 0 saturated carbocycles. The fourth-order valence-electron chi connectivity index (χ4n) is 4.62. The first-order chi connectivity index (χ1) is 17.3. The topological polar surface area (TPSA) is 97.9 Å². The average Bonchev–Trinajstić information content (AvgIpc) is 3.37. The van der Waals surface area contributed by atoms with E-state index in [1.54, 1.807) is 38.5 Å². The zero-order valence-corrected chi connectivity index (χ0v) is 21.9. The minimum Gasteiger partial charge on any atom is -0.497 e. The first-order valence-electron chi connectivity index (χ1n) is 11.5. The number of carbonyl (C=O) groups excluding carboxylic acids is 2. The molecule has 0 bridgehead atoms. The Morgan fingerprint density at radius 3 is 2.39 bits per heavy atom. The van der Waals surface area contributed by atoms with Crippen LogP contribution in [0.5, 0.6) is 17.2 Å². The van der Waals surface area contributed by atoms with Crippen LogP contribution >= 0.6 is 23.1 Å². The number of amides is 2. The predicted molar refractivity (Wildman–Crippen MR) is 139 cm³/mol. The summed E-state index contributed by atoms with van der Waals surface area (Å²) in [4.78, 5) is 44.3. The first kappa shape index (κ1) is 24.5. The van der Waals surface area contributed by atoms with Crippen LogP contribution in [0.15, 0.2) is 52.3 Å². The Balaban J connectivity index is 1.57. The third-order valence-corrected chi connectivity index (χ3v) is 8.67. The number of nitrogens with zero attached hydrogens (tertiary/aromatic N) is 1. The van der Waals surface area contributed by atoms with E-state index in [2.05, 4.69) is 18.8 Å². The van der Waals surface area contributed by atoms with Crippen LogP contribution in [0.1, 0.15) is 30.2 Å². The quantitative estimate of drug-likeness (QED) is 0.459. The van der Waals surface area contributed by atoms with Crippen LogP contribution in [0, 0.1) is 11.8 Å². The number of carbonyl (C=O) groups is 2. The number of thiazole rings is 1. The summed E-state index contributed by atoms with van der Waals surface area (Å²) in [5.74, 6) is 0.373. The number of ether oxygens (including phenoxy) is 3. The van der Waals surface area contributed by atoms with E-state index in [1.807, 2.05) is 18.2 Å². The lowest BCUT2D eigenvalue weighted by molar-refractivity contribution is -0.122. The smallest absolute Gasteiger partial charge is 0.305 e. The normalized spacial score (nSPS) is 20.9. The zero-order valence-electron chi connectivity index (χ0n) is 20.3. The lowest BCUT2D eigenvalue weighted by Gasteiger charge is -2.30. The van der Waals surface area contributed by atoms with Gasteiger partial charge in [-0.3, -0.25) is 14.4 Å². The highest BCUT2D eigenvalue weighted by molar-refractivity contribution is 8.00. The average molecular weight is 527 g/mol. The van der Waals surface area contributed by atoms with Crippen LogP contribution in [-0.4, -0.2) is 42.9 Å². The van der Waals surface area contributed by atoms with E-state index in [0.29, 0.717) is 40.5 Å². The summed E-state index contributed by atoms with van der Waals surface area (Å²) < 4.78 is 16.7. The molecule has 0 spiro atoms. The Morgan fingerprint density at radius 1 is 0.972 bits per heavy atom. The van der Waals surface area contributed by atoms with Gasteiger partial charge >= 0.3 is 4.87 Å². The van der Waals surface area contributed by atoms with E-state index in [4.69, 9.17) is 14.2 Å². The number of thioether (sulfide) groups is 1. The summed E-state index contributed by atoms with van der Waals surface area (Å²) in [7, 11) is 3.13. The van der Waals surface area contributed by atoms with Gasteiger partial charge in [-0.1, -0.05) is 43.0 Å². The summed E-state index contributed by atoms with van der Waals surface area (Å²) in [6.07, 6.45) is 0. The Bertz CT molecular complexity index is 1360. The van der Waals surface area contributed by atoms with Crippen LogP contribution in [0.25, 0.3) is 0 Å². The van der Waals surface area contributed by atoms with Gasteiger partial charge < -0.3 is 19.2 Å². The first-order valence-corrected chi connectivity index (χ1v) is 13.2. The maximum Gasteiger partial charge on any atom is 0.305 e. The number of imide groups is 1. The molecule has 1 aromatic heterocycles. The molecule has 2 aromatic carbocycles.